The van der Waals surface area contributed by atoms with Gasteiger partial charge in [-0.2, -0.15) is 0 Å². The average Bonchev–Trinajstić information content (AvgIpc) is 3.10. The topological polar surface area (TPSA) is 118 Å². The predicted molar refractivity (Wildman–Crippen MR) is 124 cm³/mol. The van der Waals surface area contributed by atoms with E-state index in [9.17, 15) is 23.9 Å². The van der Waals surface area contributed by atoms with E-state index in [0.717, 1.165) is 0 Å². The van der Waals surface area contributed by atoms with Crippen molar-refractivity contribution in [2.75, 3.05) is 45.2 Å². The van der Waals surface area contributed by atoms with Crippen molar-refractivity contribution in [2.45, 2.75) is 45.3 Å². The Morgan fingerprint density at radius 1 is 1.23 bits per heavy atom. The summed E-state index contributed by atoms with van der Waals surface area (Å²) in [5.41, 5.74) is -0.400. The van der Waals surface area contributed by atoms with Crippen molar-refractivity contribution in [3.63, 3.8) is 0 Å². The average molecular weight is 494 g/mol. The number of para-hydroxylation sites is 1. The maximum Gasteiger partial charge on any atom is 0.410 e. The number of methoxy groups -OCH3 is 1. The van der Waals surface area contributed by atoms with Crippen LogP contribution >= 0.6 is 0 Å². The predicted octanol–water partition coefficient (Wildman–Crippen LogP) is 2.28. The second-order valence-electron chi connectivity index (χ2n) is 9.32. The Bertz CT molecular complexity index is 997. The lowest BCUT2D eigenvalue weighted by molar-refractivity contribution is -0.136. The first-order valence-electron chi connectivity index (χ1n) is 11.5. The summed E-state index contributed by atoms with van der Waals surface area (Å²) in [6, 6.07) is 4.23. The van der Waals surface area contributed by atoms with Crippen molar-refractivity contribution in [1.29, 1.82) is 0 Å². The minimum atomic E-state index is -0.699. The van der Waals surface area contributed by atoms with Gasteiger partial charge in [0.15, 0.2) is 11.6 Å². The minimum Gasteiger partial charge on any atom is -0.485 e. The van der Waals surface area contributed by atoms with E-state index in [-0.39, 0.29) is 48.5 Å². The van der Waals surface area contributed by atoms with E-state index in [1.54, 1.807) is 25.7 Å². The summed E-state index contributed by atoms with van der Waals surface area (Å²) >= 11 is 0. The zero-order chi connectivity index (χ0) is 25.8. The summed E-state index contributed by atoms with van der Waals surface area (Å²) in [7, 11) is 1.20. The molecule has 1 aromatic rings. The molecular formula is C24H32FN3O7. The molecule has 3 rings (SSSR count). The number of nitrogens with one attached hydrogen (secondary N) is 1. The number of aliphatic hydroxyl groups is 1. The first kappa shape index (κ1) is 26.3. The van der Waals surface area contributed by atoms with E-state index < -0.39 is 29.4 Å². The molecule has 1 aromatic carbocycles. The smallest absolute Gasteiger partial charge is 0.410 e. The fourth-order valence-electron chi connectivity index (χ4n) is 3.86. The van der Waals surface area contributed by atoms with Crippen molar-refractivity contribution < 1.29 is 38.1 Å². The number of anilines is 1. The summed E-state index contributed by atoms with van der Waals surface area (Å²) in [4.78, 5) is 40.2. The number of halogens is 1. The highest BCUT2D eigenvalue weighted by molar-refractivity contribution is 6.08. The van der Waals surface area contributed by atoms with Crippen molar-refractivity contribution in [2.24, 2.45) is 0 Å². The molecule has 2 aliphatic rings. The number of β-amino-alcohol motifs (C(OH)–C–C–N with tert-alkyl or cyclic N) is 1. The van der Waals surface area contributed by atoms with Crippen LogP contribution in [0.5, 0.6) is 5.75 Å². The molecule has 11 heteroatoms. The fourth-order valence-corrected chi connectivity index (χ4v) is 3.86. The number of amides is 2. The van der Waals surface area contributed by atoms with E-state index in [1.165, 1.54) is 30.2 Å². The number of aliphatic hydroxyl groups excluding tert-OH is 1. The number of rotatable bonds is 7. The van der Waals surface area contributed by atoms with E-state index in [2.05, 4.69) is 5.32 Å². The first-order valence-corrected chi connectivity index (χ1v) is 11.5. The van der Waals surface area contributed by atoms with Gasteiger partial charge in [0.25, 0.3) is 5.91 Å². The summed E-state index contributed by atoms with van der Waals surface area (Å²) in [5.74, 6) is -1.94. The Morgan fingerprint density at radius 3 is 2.51 bits per heavy atom. The molecule has 0 spiro atoms. The number of hydrogen-bond donors (Lipinski definition) is 2. The van der Waals surface area contributed by atoms with Crippen molar-refractivity contribution >= 4 is 23.7 Å². The second-order valence-corrected chi connectivity index (χ2v) is 9.32. The Balaban J connectivity index is 1.75. The van der Waals surface area contributed by atoms with E-state index in [0.29, 0.717) is 25.9 Å². The number of benzene rings is 1. The van der Waals surface area contributed by atoms with Gasteiger partial charge in [-0.1, -0.05) is 6.07 Å². The molecule has 1 saturated heterocycles. The molecule has 35 heavy (non-hydrogen) atoms. The van der Waals surface area contributed by atoms with Crippen molar-refractivity contribution in [1.82, 2.24) is 9.80 Å². The van der Waals surface area contributed by atoms with Gasteiger partial charge in [-0.25, -0.2) is 14.0 Å². The van der Waals surface area contributed by atoms with Gasteiger partial charge in [-0.05, 0) is 32.9 Å². The van der Waals surface area contributed by atoms with Crippen LogP contribution in [0.3, 0.4) is 0 Å². The zero-order valence-electron chi connectivity index (χ0n) is 20.4. The number of nitrogens with zero attached hydrogens (tertiary/aromatic N) is 2. The van der Waals surface area contributed by atoms with Crippen LogP contribution in [0.4, 0.5) is 14.9 Å². The van der Waals surface area contributed by atoms with Crippen molar-refractivity contribution in [3.05, 3.63) is 35.3 Å². The van der Waals surface area contributed by atoms with Crippen LogP contribution in [0.1, 0.15) is 33.6 Å². The van der Waals surface area contributed by atoms with Crippen LogP contribution in [0.15, 0.2) is 29.5 Å². The Kier molecular flexibility index (Phi) is 8.21. The molecule has 0 radical (unpaired) electrons. The monoisotopic (exact) mass is 493 g/mol. The van der Waals surface area contributed by atoms with Gasteiger partial charge in [0.1, 0.15) is 17.4 Å². The van der Waals surface area contributed by atoms with E-state index in [1.807, 2.05) is 0 Å². The van der Waals surface area contributed by atoms with Gasteiger partial charge in [0.05, 0.1) is 31.5 Å². The van der Waals surface area contributed by atoms with Gasteiger partial charge in [0.2, 0.25) is 0 Å². The molecular weight excluding hydrogens is 461 g/mol. The summed E-state index contributed by atoms with van der Waals surface area (Å²) in [6.07, 6.45) is 0.155. The van der Waals surface area contributed by atoms with Crippen molar-refractivity contribution in [3.8, 4) is 5.75 Å². The molecule has 0 atom stereocenters. The van der Waals surface area contributed by atoms with E-state index >= 15 is 0 Å². The summed E-state index contributed by atoms with van der Waals surface area (Å²) in [5, 5.41) is 12.1. The third kappa shape index (κ3) is 6.41. The molecule has 0 saturated carbocycles. The van der Waals surface area contributed by atoms with Gasteiger partial charge < -0.3 is 34.4 Å². The van der Waals surface area contributed by atoms with Crippen LogP contribution in [0, 0.1) is 5.82 Å². The number of piperidine rings is 1. The number of carbonyl (C=O) groups excluding carboxylic acids is 3. The number of hydrogen-bond acceptors (Lipinski definition) is 8. The van der Waals surface area contributed by atoms with Gasteiger partial charge in [-0.3, -0.25) is 4.79 Å². The lowest BCUT2D eigenvalue weighted by Crippen LogP contribution is -2.44. The Morgan fingerprint density at radius 2 is 1.91 bits per heavy atom. The summed E-state index contributed by atoms with van der Waals surface area (Å²) < 4.78 is 31.0. The number of likely N-dealkylation sites (tertiary alicyclic amines) is 1. The molecule has 192 valence electrons. The Labute approximate surface area is 203 Å². The van der Waals surface area contributed by atoms with Crippen LogP contribution in [0.25, 0.3) is 0 Å². The van der Waals surface area contributed by atoms with Crippen LogP contribution in [-0.4, -0.2) is 84.5 Å². The minimum absolute atomic E-state index is 0.0350. The maximum absolute atomic E-state index is 14.8. The third-order valence-electron chi connectivity index (χ3n) is 5.56. The molecule has 2 aliphatic heterocycles. The van der Waals surface area contributed by atoms with Crippen LogP contribution < -0.4 is 10.1 Å². The highest BCUT2D eigenvalue weighted by atomic mass is 19.1. The molecule has 0 bridgehead atoms. The highest BCUT2D eigenvalue weighted by Gasteiger charge is 2.35. The van der Waals surface area contributed by atoms with E-state index in [4.69, 9.17) is 14.2 Å². The molecule has 0 unspecified atom stereocenters. The van der Waals surface area contributed by atoms with Gasteiger partial charge in [0, 0.05) is 32.5 Å². The number of carbonyl (C=O) groups is 3. The fraction of sp³-hybridized carbons (Fsp3) is 0.542. The molecule has 2 N–H and O–H groups in total. The molecule has 0 aromatic heterocycles. The first-order chi connectivity index (χ1) is 16.5. The highest BCUT2D eigenvalue weighted by Crippen LogP contribution is 2.33. The molecule has 2 heterocycles. The number of esters is 1. The summed E-state index contributed by atoms with van der Waals surface area (Å²) in [6.45, 7) is 5.90. The van der Waals surface area contributed by atoms with Gasteiger partial charge in [-0.15, -0.1) is 0 Å². The SMILES string of the molecule is COC(=O)C1=C(Nc2cccc(F)c2OC2CCN(C(=O)OC(C)(C)C)CC2)C(=O)N(CCO)C1. The van der Waals surface area contributed by atoms with Gasteiger partial charge >= 0.3 is 12.1 Å². The quantitative estimate of drug-likeness (QED) is 0.556. The second kappa shape index (κ2) is 10.9. The lowest BCUT2D eigenvalue weighted by atomic mass is 10.1. The molecule has 0 aliphatic carbocycles. The zero-order valence-corrected chi connectivity index (χ0v) is 20.4. The standard InChI is InChI=1S/C24H32FN3O7/c1-24(2,3)35-23(32)27-10-8-15(9-11-27)34-20-17(25)6-5-7-18(20)26-19-16(22(31)33-4)14-28(12-13-29)21(19)30/h5-7,15,26,29H,8-14H2,1-4H3. The van der Waals surface area contributed by atoms with Crippen LogP contribution in [-0.2, 0) is 19.1 Å². The number of ether oxygens (including phenoxy) is 3. The maximum atomic E-state index is 14.8. The van der Waals surface area contributed by atoms with Crippen LogP contribution in [0.2, 0.25) is 0 Å². The molecule has 1 fully saturated rings. The lowest BCUT2D eigenvalue weighted by Gasteiger charge is -2.33. The molecule has 2 amide bonds. The Hall–Kier alpha value is -3.34. The normalized spacial score (nSPS) is 17.0. The third-order valence-corrected chi connectivity index (χ3v) is 5.56. The molecule has 10 nitrogen and oxygen atoms in total. The largest absolute Gasteiger partial charge is 0.485 e.